The molecule has 1 aliphatic heterocycles. The Kier molecular flexibility index (Phi) is 8.14. The van der Waals surface area contributed by atoms with E-state index in [9.17, 15) is 19.1 Å². The number of amides is 1. The molecule has 3 rings (SSSR count). The number of aromatic hydroxyl groups is 1. The van der Waals surface area contributed by atoms with Gasteiger partial charge in [0.15, 0.2) is 5.78 Å². The first-order valence-corrected chi connectivity index (χ1v) is 11.4. The van der Waals surface area contributed by atoms with E-state index in [4.69, 9.17) is 17.0 Å². The number of amidine groups is 1. The van der Waals surface area contributed by atoms with E-state index in [1.165, 1.54) is 18.0 Å². The molecule has 6 nitrogen and oxygen atoms in total. The van der Waals surface area contributed by atoms with Crippen molar-refractivity contribution < 1.29 is 19.1 Å². The number of halogens is 3. The number of rotatable bonds is 4. The number of carbonyl (C=O) groups is 2. The van der Waals surface area contributed by atoms with Crippen molar-refractivity contribution in [2.24, 2.45) is 0 Å². The lowest BCUT2D eigenvalue weighted by Crippen LogP contribution is -2.31. The van der Waals surface area contributed by atoms with E-state index in [1.54, 1.807) is 12.1 Å². The molecule has 0 aliphatic carbocycles. The minimum atomic E-state index is -0.757. The van der Waals surface area contributed by atoms with Crippen LogP contribution in [-0.2, 0) is 17.4 Å². The number of hydrogen-bond acceptors (Lipinski definition) is 4. The number of phenols is 1. The Labute approximate surface area is 221 Å². The predicted molar refractivity (Wildman–Crippen MR) is 142 cm³/mol. The number of carbonyl (C=O) groups excluding carboxylic acids is 2. The van der Waals surface area contributed by atoms with Gasteiger partial charge < -0.3 is 15.3 Å². The number of phenolic OH excluding ortho intramolecular Hbond substituents is 1. The summed E-state index contributed by atoms with van der Waals surface area (Å²) in [7, 11) is 1.41. The molecule has 0 atom stereocenters. The molecule has 0 aromatic heterocycles. The maximum Gasteiger partial charge on any atom is 0.252 e. The van der Waals surface area contributed by atoms with Crippen molar-refractivity contribution in [3.8, 4) is 5.75 Å². The van der Waals surface area contributed by atoms with Gasteiger partial charge in [0.1, 0.15) is 17.4 Å². The molecule has 0 spiro atoms. The molecule has 0 unspecified atom stereocenters. The smallest absolute Gasteiger partial charge is 0.252 e. The molecule has 1 aliphatic rings. The average molecular weight is 569 g/mol. The first-order chi connectivity index (χ1) is 15.6. The maximum absolute atomic E-state index is 14.9. The second-order valence-electron chi connectivity index (χ2n) is 10.7. The van der Waals surface area contributed by atoms with Crippen molar-refractivity contribution in [3.05, 3.63) is 62.4 Å². The van der Waals surface area contributed by atoms with Crippen LogP contribution in [0, 0.1) is 11.2 Å². The molecule has 3 N–H and O–H groups in total. The van der Waals surface area contributed by atoms with E-state index in [0.717, 1.165) is 0 Å². The quantitative estimate of drug-likeness (QED) is 0.410. The molecule has 0 bridgehead atoms. The van der Waals surface area contributed by atoms with Gasteiger partial charge in [0.05, 0.1) is 17.1 Å². The molecule has 1 amide bonds. The minimum absolute atomic E-state index is 0. The van der Waals surface area contributed by atoms with E-state index < -0.39 is 22.6 Å². The number of nitrogens with zero attached hydrogens (tertiary/aromatic N) is 1. The lowest BCUT2D eigenvalue weighted by Gasteiger charge is -2.28. The third-order valence-corrected chi connectivity index (χ3v) is 6.45. The van der Waals surface area contributed by atoms with E-state index in [2.05, 4.69) is 5.32 Å². The van der Waals surface area contributed by atoms with Crippen LogP contribution in [0.25, 0.3) is 0 Å². The Morgan fingerprint density at radius 1 is 1.11 bits per heavy atom. The SMILES string of the molecule is Br.CNC(=O)c1cc2c(c(F)c1Cl)CN(CC(=O)c1cc(C(C)(C)C)c(O)c(C(C)(C)C)c1)C2=N. The van der Waals surface area contributed by atoms with Crippen LogP contribution in [0.5, 0.6) is 5.75 Å². The monoisotopic (exact) mass is 567 g/mol. The molecule has 0 saturated heterocycles. The van der Waals surface area contributed by atoms with Crippen molar-refractivity contribution >= 4 is 46.1 Å². The Bertz CT molecular complexity index is 1180. The molecule has 35 heavy (non-hydrogen) atoms. The zero-order chi connectivity index (χ0) is 25.7. The van der Waals surface area contributed by atoms with Gasteiger partial charge in [-0.25, -0.2) is 4.39 Å². The van der Waals surface area contributed by atoms with Crippen molar-refractivity contribution in [2.75, 3.05) is 13.6 Å². The summed E-state index contributed by atoms with van der Waals surface area (Å²) in [5.74, 6) is -1.44. The Morgan fingerprint density at radius 2 is 1.63 bits per heavy atom. The predicted octanol–water partition coefficient (Wildman–Crippen LogP) is 5.74. The molecule has 2 aromatic rings. The van der Waals surface area contributed by atoms with Crippen LogP contribution in [-0.4, -0.2) is 41.1 Å². The first-order valence-electron chi connectivity index (χ1n) is 11.1. The molecule has 9 heteroatoms. The van der Waals surface area contributed by atoms with Crippen LogP contribution in [0.2, 0.25) is 5.02 Å². The fraction of sp³-hybridized carbons (Fsp3) is 0.423. The number of ketones is 1. The van der Waals surface area contributed by atoms with Crippen molar-refractivity contribution in [3.63, 3.8) is 0 Å². The zero-order valence-electron chi connectivity index (χ0n) is 21.0. The Morgan fingerprint density at radius 3 is 2.09 bits per heavy atom. The van der Waals surface area contributed by atoms with Crippen LogP contribution in [0.4, 0.5) is 4.39 Å². The molecule has 0 radical (unpaired) electrons. The summed E-state index contributed by atoms with van der Waals surface area (Å²) >= 11 is 6.07. The third kappa shape index (κ3) is 5.38. The lowest BCUT2D eigenvalue weighted by atomic mass is 9.78. The van der Waals surface area contributed by atoms with E-state index in [-0.39, 0.29) is 69.2 Å². The van der Waals surface area contributed by atoms with Crippen molar-refractivity contribution in [2.45, 2.75) is 58.9 Å². The fourth-order valence-electron chi connectivity index (χ4n) is 4.11. The third-order valence-electron chi connectivity index (χ3n) is 6.08. The highest BCUT2D eigenvalue weighted by Gasteiger charge is 2.33. The molecule has 190 valence electrons. The van der Waals surface area contributed by atoms with Gasteiger partial charge in [0.25, 0.3) is 5.91 Å². The van der Waals surface area contributed by atoms with Crippen LogP contribution in [0.3, 0.4) is 0 Å². The highest BCUT2D eigenvalue weighted by atomic mass is 79.9. The molecule has 1 heterocycles. The van der Waals surface area contributed by atoms with E-state index in [0.29, 0.717) is 16.7 Å². The topological polar surface area (TPSA) is 93.5 Å². The fourth-order valence-corrected chi connectivity index (χ4v) is 4.36. The second kappa shape index (κ2) is 9.90. The average Bonchev–Trinajstić information content (AvgIpc) is 3.04. The van der Waals surface area contributed by atoms with Crippen molar-refractivity contribution in [1.82, 2.24) is 10.2 Å². The van der Waals surface area contributed by atoms with Gasteiger partial charge in [-0.05, 0) is 29.0 Å². The van der Waals surface area contributed by atoms with E-state index >= 15 is 0 Å². The van der Waals surface area contributed by atoms with Gasteiger partial charge >= 0.3 is 0 Å². The summed E-state index contributed by atoms with van der Waals surface area (Å²) < 4.78 is 14.9. The number of benzene rings is 2. The summed E-state index contributed by atoms with van der Waals surface area (Å²) in [6.45, 7) is 11.6. The van der Waals surface area contributed by atoms with Crippen LogP contribution >= 0.6 is 28.6 Å². The minimum Gasteiger partial charge on any atom is -0.507 e. The number of hydrogen-bond donors (Lipinski definition) is 3. The first kappa shape index (κ1) is 28.8. The van der Waals surface area contributed by atoms with Gasteiger partial charge in [-0.3, -0.25) is 15.0 Å². The Balaban J connectivity index is 0.00000432. The standard InChI is InChI=1S/C26H31ClFN3O3.BrH/c1-25(2,3)17-8-13(9-18(22(17)33)26(4,5)6)19(32)12-31-11-16-14(23(31)29)10-15(24(34)30-7)20(27)21(16)28;/h8-10,29,33H,11-12H2,1-7H3,(H,30,34);1H. The summed E-state index contributed by atoms with van der Waals surface area (Å²) in [6.07, 6.45) is 0. The summed E-state index contributed by atoms with van der Waals surface area (Å²) in [4.78, 5) is 26.9. The van der Waals surface area contributed by atoms with Crippen molar-refractivity contribution in [1.29, 1.82) is 5.41 Å². The highest BCUT2D eigenvalue weighted by molar-refractivity contribution is 8.93. The zero-order valence-corrected chi connectivity index (χ0v) is 23.5. The maximum atomic E-state index is 14.9. The normalized spacial score (nSPS) is 13.4. The number of fused-ring (bicyclic) bond motifs is 1. The number of Topliss-reactive ketones (excluding diaryl/α,β-unsaturated/α-hetero) is 1. The van der Waals surface area contributed by atoms with Gasteiger partial charge in [-0.2, -0.15) is 0 Å². The van der Waals surface area contributed by atoms with Crippen LogP contribution in [0.1, 0.15) is 84.5 Å². The van der Waals surface area contributed by atoms with Crippen LogP contribution < -0.4 is 5.32 Å². The van der Waals surface area contributed by atoms with Crippen LogP contribution in [0.15, 0.2) is 18.2 Å². The lowest BCUT2D eigenvalue weighted by molar-refractivity contribution is 0.0955. The van der Waals surface area contributed by atoms with Gasteiger partial charge in [-0.15, -0.1) is 17.0 Å². The molecule has 2 aromatic carbocycles. The Hall–Kier alpha value is -2.45. The highest BCUT2D eigenvalue weighted by Crippen LogP contribution is 2.40. The molecule has 0 fully saturated rings. The molecule has 0 saturated carbocycles. The second-order valence-corrected chi connectivity index (χ2v) is 11.1. The summed E-state index contributed by atoms with van der Waals surface area (Å²) in [5, 5.41) is 21.5. The molecular formula is C26H32BrClFN3O3. The van der Waals surface area contributed by atoms with Gasteiger partial charge in [0.2, 0.25) is 0 Å². The van der Waals surface area contributed by atoms with Gasteiger partial charge in [0, 0.05) is 41.4 Å². The van der Waals surface area contributed by atoms with E-state index in [1.807, 2.05) is 41.5 Å². The largest absolute Gasteiger partial charge is 0.507 e. The molecular weight excluding hydrogens is 537 g/mol. The summed E-state index contributed by atoms with van der Waals surface area (Å²) in [5.41, 5.74) is 1.33. The summed E-state index contributed by atoms with van der Waals surface area (Å²) in [6, 6.07) is 4.78. The van der Waals surface area contributed by atoms with Gasteiger partial charge in [-0.1, -0.05) is 53.1 Å². The number of nitrogens with one attached hydrogen (secondary N) is 2.